The van der Waals surface area contributed by atoms with E-state index in [1.54, 1.807) is 0 Å². The maximum atomic E-state index is 9.83. The van der Waals surface area contributed by atoms with Gasteiger partial charge in [0.25, 0.3) is 0 Å². The SMILES string of the molecule is CN[C@@]12CCC[C@H]([C@H]3OC3(C)C)c3cccc(c31)N(C)[C@@H]2C#N. The number of ether oxygens (including phenoxy) is 1. The molecule has 1 aromatic rings. The molecule has 3 aliphatic rings. The zero-order chi connectivity index (χ0) is 16.4. The standard InChI is InChI=1S/C19H25N3O/c1-18(2)17(23-18)13-8-6-10-19(21-3)15(11-20)22(4)14-9-5-7-12(13)16(14)19/h5,7,9,13,15,17,21H,6,8,10H2,1-4H3/t13-,15+,17+,19+/m0/s1. The summed E-state index contributed by atoms with van der Waals surface area (Å²) >= 11 is 0. The lowest BCUT2D eigenvalue weighted by molar-refractivity contribution is 0.302. The highest BCUT2D eigenvalue weighted by atomic mass is 16.6. The van der Waals surface area contributed by atoms with Crippen LogP contribution in [0, 0.1) is 11.3 Å². The Morgan fingerprint density at radius 3 is 2.74 bits per heavy atom. The molecule has 0 radical (unpaired) electrons. The third-order valence-electron chi connectivity index (χ3n) is 6.23. The summed E-state index contributed by atoms with van der Waals surface area (Å²) in [5.41, 5.74) is 3.65. The zero-order valence-corrected chi connectivity index (χ0v) is 14.4. The van der Waals surface area contributed by atoms with E-state index in [0.717, 1.165) is 19.3 Å². The molecule has 1 aliphatic carbocycles. The number of benzene rings is 1. The summed E-state index contributed by atoms with van der Waals surface area (Å²) < 4.78 is 6.00. The minimum absolute atomic E-state index is 0.0147. The predicted molar refractivity (Wildman–Crippen MR) is 90.5 cm³/mol. The lowest BCUT2D eigenvalue weighted by Crippen LogP contribution is -2.51. The normalized spacial score (nSPS) is 37.0. The van der Waals surface area contributed by atoms with Gasteiger partial charge in [0, 0.05) is 24.2 Å². The second-order valence-corrected chi connectivity index (χ2v) is 7.75. The monoisotopic (exact) mass is 311 g/mol. The van der Waals surface area contributed by atoms with Crippen LogP contribution in [0.25, 0.3) is 0 Å². The molecule has 2 aliphatic heterocycles. The number of epoxide rings is 1. The summed E-state index contributed by atoms with van der Waals surface area (Å²) in [7, 11) is 4.05. The molecule has 0 unspecified atom stereocenters. The highest BCUT2D eigenvalue weighted by Gasteiger charge is 2.57. The number of nitrogens with zero attached hydrogens (tertiary/aromatic N) is 2. The number of hydrogen-bond donors (Lipinski definition) is 1. The average molecular weight is 311 g/mol. The fourth-order valence-electron chi connectivity index (χ4n) is 5.03. The highest BCUT2D eigenvalue weighted by molar-refractivity contribution is 5.69. The van der Waals surface area contributed by atoms with Crippen molar-refractivity contribution in [3.8, 4) is 6.07 Å². The van der Waals surface area contributed by atoms with Gasteiger partial charge in [0.1, 0.15) is 6.04 Å². The van der Waals surface area contributed by atoms with Crippen LogP contribution >= 0.6 is 0 Å². The summed E-state index contributed by atoms with van der Waals surface area (Å²) in [5, 5.41) is 13.4. The third-order valence-corrected chi connectivity index (χ3v) is 6.23. The minimum Gasteiger partial charge on any atom is -0.366 e. The van der Waals surface area contributed by atoms with Crippen LogP contribution in [0.3, 0.4) is 0 Å². The molecule has 1 N–H and O–H groups in total. The Morgan fingerprint density at radius 2 is 2.13 bits per heavy atom. The van der Waals surface area contributed by atoms with Crippen LogP contribution < -0.4 is 10.2 Å². The van der Waals surface area contributed by atoms with Gasteiger partial charge in [-0.05, 0) is 45.4 Å². The van der Waals surface area contributed by atoms with E-state index in [4.69, 9.17) is 4.74 Å². The van der Waals surface area contributed by atoms with Crippen molar-refractivity contribution in [2.75, 3.05) is 19.0 Å². The number of hydrogen-bond acceptors (Lipinski definition) is 4. The number of rotatable bonds is 2. The largest absolute Gasteiger partial charge is 0.366 e. The Kier molecular flexibility index (Phi) is 3.07. The van der Waals surface area contributed by atoms with Gasteiger partial charge in [-0.1, -0.05) is 18.6 Å². The first-order valence-corrected chi connectivity index (χ1v) is 8.59. The van der Waals surface area contributed by atoms with Gasteiger partial charge >= 0.3 is 0 Å². The van der Waals surface area contributed by atoms with Crippen molar-refractivity contribution in [3.05, 3.63) is 29.3 Å². The fourth-order valence-corrected chi connectivity index (χ4v) is 5.03. The second kappa shape index (κ2) is 4.72. The van der Waals surface area contributed by atoms with Gasteiger partial charge in [0.15, 0.2) is 0 Å². The molecule has 0 bridgehead atoms. The molecule has 0 amide bonds. The van der Waals surface area contributed by atoms with Crippen LogP contribution in [0.4, 0.5) is 5.69 Å². The summed E-state index contributed by atoms with van der Waals surface area (Å²) in [4.78, 5) is 2.15. The first kappa shape index (κ1) is 15.0. The molecule has 1 fully saturated rings. The summed E-state index contributed by atoms with van der Waals surface area (Å²) in [6, 6.07) is 8.94. The van der Waals surface area contributed by atoms with Crippen molar-refractivity contribution in [2.45, 2.75) is 62.3 Å². The first-order chi connectivity index (χ1) is 11.0. The lowest BCUT2D eigenvalue weighted by atomic mass is 9.79. The Bertz CT molecular complexity index is 692. The van der Waals surface area contributed by atoms with E-state index in [1.165, 1.54) is 16.8 Å². The van der Waals surface area contributed by atoms with E-state index < -0.39 is 0 Å². The molecule has 4 atom stereocenters. The summed E-state index contributed by atoms with van der Waals surface area (Å²) in [6.07, 6.45) is 3.55. The van der Waals surface area contributed by atoms with Crippen molar-refractivity contribution < 1.29 is 4.74 Å². The minimum atomic E-state index is -0.261. The fraction of sp³-hybridized carbons (Fsp3) is 0.632. The van der Waals surface area contributed by atoms with Gasteiger partial charge in [-0.3, -0.25) is 0 Å². The molecule has 4 heteroatoms. The molecule has 1 saturated heterocycles. The molecular formula is C19H25N3O. The van der Waals surface area contributed by atoms with E-state index in [0.29, 0.717) is 12.0 Å². The maximum Gasteiger partial charge on any atom is 0.139 e. The molecule has 0 saturated carbocycles. The lowest BCUT2D eigenvalue weighted by Gasteiger charge is -2.34. The van der Waals surface area contributed by atoms with Gasteiger partial charge in [0.2, 0.25) is 0 Å². The zero-order valence-electron chi connectivity index (χ0n) is 14.4. The van der Waals surface area contributed by atoms with Crippen LogP contribution in [0.1, 0.15) is 50.2 Å². The van der Waals surface area contributed by atoms with Crippen molar-refractivity contribution in [1.82, 2.24) is 5.32 Å². The molecule has 4 rings (SSSR count). The van der Waals surface area contributed by atoms with E-state index in [2.05, 4.69) is 48.3 Å². The van der Waals surface area contributed by atoms with Gasteiger partial charge in [-0.2, -0.15) is 5.26 Å². The predicted octanol–water partition coefficient (Wildman–Crippen LogP) is 2.89. The molecular weight excluding hydrogens is 286 g/mol. The van der Waals surface area contributed by atoms with Crippen molar-refractivity contribution in [2.24, 2.45) is 0 Å². The molecule has 2 heterocycles. The van der Waals surface area contributed by atoms with Gasteiger partial charge < -0.3 is 15.0 Å². The number of nitriles is 1. The average Bonchev–Trinajstić information content (AvgIpc) is 3.13. The van der Waals surface area contributed by atoms with Gasteiger partial charge in [-0.25, -0.2) is 0 Å². The summed E-state index contributed by atoms with van der Waals surface area (Å²) in [5.74, 6) is 0.431. The van der Waals surface area contributed by atoms with Crippen LogP contribution in [-0.2, 0) is 10.3 Å². The molecule has 4 nitrogen and oxygen atoms in total. The van der Waals surface area contributed by atoms with Crippen molar-refractivity contribution in [1.29, 1.82) is 5.26 Å². The Hall–Kier alpha value is -1.57. The van der Waals surface area contributed by atoms with Gasteiger partial charge in [-0.15, -0.1) is 0 Å². The smallest absolute Gasteiger partial charge is 0.139 e. The second-order valence-electron chi connectivity index (χ2n) is 7.75. The van der Waals surface area contributed by atoms with Crippen LogP contribution in [-0.4, -0.2) is 31.8 Å². The van der Waals surface area contributed by atoms with Crippen molar-refractivity contribution in [3.63, 3.8) is 0 Å². The Balaban J connectivity index is 1.91. The highest BCUT2D eigenvalue weighted by Crippen LogP contribution is 2.56. The maximum absolute atomic E-state index is 9.83. The molecule has 1 aromatic carbocycles. The summed E-state index contributed by atoms with van der Waals surface area (Å²) in [6.45, 7) is 4.36. The van der Waals surface area contributed by atoms with E-state index >= 15 is 0 Å². The van der Waals surface area contributed by atoms with Crippen LogP contribution in [0.5, 0.6) is 0 Å². The quantitative estimate of drug-likeness (QED) is 0.853. The van der Waals surface area contributed by atoms with E-state index in [1.807, 2.05) is 14.1 Å². The first-order valence-electron chi connectivity index (χ1n) is 8.59. The molecule has 0 spiro atoms. The van der Waals surface area contributed by atoms with E-state index in [9.17, 15) is 5.26 Å². The van der Waals surface area contributed by atoms with Gasteiger partial charge in [0.05, 0.1) is 23.3 Å². The van der Waals surface area contributed by atoms with Crippen LogP contribution in [0.2, 0.25) is 0 Å². The third kappa shape index (κ3) is 1.84. The Labute approximate surface area is 138 Å². The topological polar surface area (TPSA) is 51.6 Å². The Morgan fingerprint density at radius 1 is 1.39 bits per heavy atom. The number of nitrogens with one attached hydrogen (secondary N) is 1. The number of anilines is 1. The van der Waals surface area contributed by atoms with E-state index in [-0.39, 0.29) is 17.2 Å². The molecule has 0 aromatic heterocycles. The van der Waals surface area contributed by atoms with Crippen LogP contribution in [0.15, 0.2) is 18.2 Å². The molecule has 122 valence electrons. The molecule has 23 heavy (non-hydrogen) atoms. The number of likely N-dealkylation sites (N-methyl/N-ethyl adjacent to an activating group) is 2. The van der Waals surface area contributed by atoms with Crippen molar-refractivity contribution >= 4 is 5.69 Å².